The average Bonchev–Trinajstić information content (AvgIpc) is 3.03. The molecule has 0 atom stereocenters. The maximum absolute atomic E-state index is 2.19. The average molecular weight is 861 g/mol. The lowest BCUT2D eigenvalue weighted by Gasteiger charge is -2.05. The van der Waals surface area contributed by atoms with E-state index in [1.807, 2.05) is 244 Å². The van der Waals surface area contributed by atoms with Crippen LogP contribution in [0.1, 0.15) is 304 Å². The van der Waals surface area contributed by atoms with Gasteiger partial charge in [-0.1, -0.05) is 304 Å². The Morgan fingerprint density at radius 2 is 0.211 bits per heavy atom. The van der Waals surface area contributed by atoms with E-state index in [1.165, 1.54) is 0 Å². The van der Waals surface area contributed by atoms with Crippen LogP contribution in [-0.4, -0.2) is 78.1 Å². The minimum atomic E-state index is 0. The van der Waals surface area contributed by atoms with E-state index in [9.17, 15) is 0 Å². The van der Waals surface area contributed by atoms with Gasteiger partial charge in [-0.15, -0.1) is 0 Å². The van der Waals surface area contributed by atoms with Gasteiger partial charge in [0, 0.05) is 0 Å². The summed E-state index contributed by atoms with van der Waals surface area (Å²) in [5.41, 5.74) is 0.500. The molecule has 0 heterocycles. The highest BCUT2D eigenvalue weighted by atomic mass is 15.0. The minimum absolute atomic E-state index is 0. The van der Waals surface area contributed by atoms with E-state index in [1.54, 1.807) is 0 Å². The molecule has 400 valence electrons. The van der Waals surface area contributed by atoms with Gasteiger partial charge in [0.1, 0.15) is 0 Å². The molecule has 0 aromatic rings. The second kappa shape index (κ2) is 526. The highest BCUT2D eigenvalue weighted by Gasteiger charge is 1.95. The third kappa shape index (κ3) is 11300000. The lowest BCUT2D eigenvalue weighted by molar-refractivity contribution is 0.469. The first kappa shape index (κ1) is 229. The van der Waals surface area contributed by atoms with Crippen LogP contribution in [0.4, 0.5) is 0 Å². The molecule has 0 saturated heterocycles. The Morgan fingerprint density at radius 1 is 0.211 bits per heavy atom. The van der Waals surface area contributed by atoms with E-state index in [-0.39, 0.29) is 89.1 Å². The molecule has 3 heteroatoms. The van der Waals surface area contributed by atoms with Gasteiger partial charge in [0.25, 0.3) is 0 Å². The van der Waals surface area contributed by atoms with Gasteiger partial charge >= 0.3 is 0 Å². The third-order valence-corrected chi connectivity index (χ3v) is 0. The van der Waals surface area contributed by atoms with Gasteiger partial charge < -0.3 is 14.7 Å². The van der Waals surface area contributed by atoms with E-state index in [0.717, 1.165) is 5.92 Å². The van der Waals surface area contributed by atoms with Crippen LogP contribution in [-0.2, 0) is 0 Å². The van der Waals surface area contributed by atoms with Crippen molar-refractivity contribution < 1.29 is 0 Å². The fraction of sp³-hybridized carbons (Fsp3) is 1.00. The normalized spacial score (nSPS) is 4.84. The molecule has 0 saturated carbocycles. The number of nitrogens with zero attached hydrogens (tertiary/aromatic N) is 3. The van der Waals surface area contributed by atoms with Crippen molar-refractivity contribution in [2.75, 3.05) is 63.4 Å². The van der Waals surface area contributed by atoms with E-state index in [0.29, 0.717) is 5.41 Å². The number of hydrogen-bond acceptors (Lipinski definition) is 3. The molecular formula is C54H169N3. The molecule has 0 aliphatic rings. The first-order valence-corrected chi connectivity index (χ1v) is 19.8. The van der Waals surface area contributed by atoms with Crippen LogP contribution < -0.4 is 0 Å². The summed E-state index contributed by atoms with van der Waals surface area (Å²) in [6, 6.07) is 0. The van der Waals surface area contributed by atoms with Gasteiger partial charge in [-0.3, -0.25) is 0 Å². The van der Waals surface area contributed by atoms with Crippen LogP contribution in [0.5, 0.6) is 0 Å². The zero-order valence-electron chi connectivity index (χ0n) is 42.4. The van der Waals surface area contributed by atoms with Crippen molar-refractivity contribution in [2.45, 2.75) is 304 Å². The Kier molecular flexibility index (Phi) is 2110. The maximum atomic E-state index is 2.19. The van der Waals surface area contributed by atoms with Gasteiger partial charge in [-0.25, -0.2) is 0 Å². The zero-order valence-corrected chi connectivity index (χ0v) is 42.4. The summed E-state index contributed by atoms with van der Waals surface area (Å²) < 4.78 is 0. The van der Waals surface area contributed by atoms with Crippen molar-refractivity contribution in [2.24, 2.45) is 11.3 Å². The fourth-order valence-corrected chi connectivity index (χ4v) is 0. The smallest absolute Gasteiger partial charge is 0.0140 e. The Hall–Kier alpha value is -0.120. The fourth-order valence-electron chi connectivity index (χ4n) is 0. The number of hydrogen-bond donors (Lipinski definition) is 0. The molecule has 3 nitrogen and oxygen atoms in total. The third-order valence-electron chi connectivity index (χ3n) is 0. The Balaban J connectivity index is -0.00000000541. The lowest BCUT2D eigenvalue weighted by Crippen LogP contribution is -1.99. The lowest BCUT2D eigenvalue weighted by atomic mass is 10.0. The van der Waals surface area contributed by atoms with Gasteiger partial charge in [0.2, 0.25) is 0 Å². The summed E-state index contributed by atoms with van der Waals surface area (Å²) in [7, 11) is 18.0. The first-order chi connectivity index (χ1) is 20.9. The molecule has 0 aliphatic carbocycles. The predicted molar refractivity (Wildman–Crippen MR) is 321 cm³/mol. The monoisotopic (exact) mass is 860 g/mol. The summed E-state index contributed by atoms with van der Waals surface area (Å²) in [5.74, 6) is 0.833. The molecule has 0 unspecified atom stereocenters. The van der Waals surface area contributed by atoms with E-state index < -0.39 is 0 Å². The summed E-state index contributed by atoms with van der Waals surface area (Å²) in [6.45, 7) is 63.2. The molecule has 0 N–H and O–H groups in total. The maximum Gasteiger partial charge on any atom is -0.0140 e. The largest absolute Gasteiger partial charge is 0.312 e. The summed E-state index contributed by atoms with van der Waals surface area (Å²) >= 11 is 0. The van der Waals surface area contributed by atoms with Crippen LogP contribution in [0.15, 0.2) is 0 Å². The standard InChI is InChI=1S/C5H12.C4H10.3C3H9N.12C2H6.12CH4/c1-5(2,3)4;4*1-4(2)3;12*1-2;;;;;;;;;;;;/h1-4H3;4H,1-3H3;3*1-3H3;12*1-2H3;12*1H4. The van der Waals surface area contributed by atoms with E-state index in [2.05, 4.69) is 48.5 Å². The highest BCUT2D eigenvalue weighted by Crippen LogP contribution is 2.08. The van der Waals surface area contributed by atoms with Crippen LogP contribution in [0, 0.1) is 11.3 Å². The van der Waals surface area contributed by atoms with Gasteiger partial charge in [-0.05, 0) is 74.8 Å². The van der Waals surface area contributed by atoms with Crippen molar-refractivity contribution in [3.8, 4) is 0 Å². The van der Waals surface area contributed by atoms with Crippen molar-refractivity contribution in [3.05, 3.63) is 0 Å². The second-order valence-corrected chi connectivity index (χ2v) is 8.76. The van der Waals surface area contributed by atoms with Crippen LogP contribution in [0.25, 0.3) is 0 Å². The first-order valence-electron chi connectivity index (χ1n) is 19.8. The molecule has 0 radical (unpaired) electrons. The van der Waals surface area contributed by atoms with Crippen molar-refractivity contribution in [1.82, 2.24) is 14.7 Å². The Labute approximate surface area is 392 Å². The molecule has 0 bridgehead atoms. The quantitative estimate of drug-likeness (QED) is 0.240. The molecule has 0 spiro atoms. The summed E-state index contributed by atoms with van der Waals surface area (Å²) in [4.78, 5) is 6.00. The van der Waals surface area contributed by atoms with E-state index >= 15 is 0 Å². The Bertz CT molecular complexity index is 109. The Morgan fingerprint density at radius 3 is 0.211 bits per heavy atom. The highest BCUT2D eigenvalue weighted by molar-refractivity contribution is 4.47. The van der Waals surface area contributed by atoms with Crippen LogP contribution >= 0.6 is 0 Å². The SMILES string of the molecule is C.C.C.C.C.C.C.C.C.C.C.C.CC.CC.CC.CC.CC.CC.CC.CC.CC.CC.CC.CC.CC(C)(C)C.CC(C)C.CN(C)C.CN(C)C.CN(C)C. The minimum Gasteiger partial charge on any atom is -0.312 e. The summed E-state index contributed by atoms with van der Waals surface area (Å²) in [6.07, 6.45) is 0. The van der Waals surface area contributed by atoms with Crippen LogP contribution in [0.2, 0.25) is 0 Å². The molecule has 0 aromatic heterocycles. The van der Waals surface area contributed by atoms with Crippen molar-refractivity contribution >= 4 is 0 Å². The van der Waals surface area contributed by atoms with Crippen LogP contribution in [0.3, 0.4) is 0 Å². The number of rotatable bonds is 0. The molecule has 0 amide bonds. The molecule has 57 heavy (non-hydrogen) atoms. The summed E-state index contributed by atoms with van der Waals surface area (Å²) in [5, 5.41) is 0. The van der Waals surface area contributed by atoms with Crippen molar-refractivity contribution in [1.29, 1.82) is 0 Å². The van der Waals surface area contributed by atoms with Gasteiger partial charge in [-0.2, -0.15) is 0 Å². The molecular weight excluding hydrogens is 691 g/mol. The second-order valence-electron chi connectivity index (χ2n) is 8.76. The molecule has 0 fully saturated rings. The van der Waals surface area contributed by atoms with Gasteiger partial charge in [0.15, 0.2) is 0 Å². The molecule has 0 rings (SSSR count). The zero-order chi connectivity index (χ0) is 42.8. The van der Waals surface area contributed by atoms with Gasteiger partial charge in [0.05, 0.1) is 0 Å². The topological polar surface area (TPSA) is 9.72 Å². The molecule has 0 aromatic carbocycles. The molecule has 0 aliphatic heterocycles. The van der Waals surface area contributed by atoms with Crippen molar-refractivity contribution in [3.63, 3.8) is 0 Å². The predicted octanol–water partition coefficient (Wildman–Crippen LogP) is 24.2. The van der Waals surface area contributed by atoms with E-state index in [4.69, 9.17) is 0 Å².